The molecule has 0 aromatic heterocycles. The van der Waals surface area contributed by atoms with E-state index in [1.165, 1.54) is 0 Å². The number of para-hydroxylation sites is 1. The number of aromatic hydroxyl groups is 1. The van der Waals surface area contributed by atoms with Crippen molar-refractivity contribution < 1.29 is 14.6 Å². The molecule has 0 bridgehead atoms. The van der Waals surface area contributed by atoms with E-state index in [1.54, 1.807) is 32.4 Å². The lowest BCUT2D eigenvalue weighted by Gasteiger charge is -2.30. The highest BCUT2D eigenvalue weighted by Gasteiger charge is 2.32. The maximum Gasteiger partial charge on any atom is 0.197 e. The van der Waals surface area contributed by atoms with Gasteiger partial charge in [-0.05, 0) is 12.1 Å². The number of benzene rings is 1. The summed E-state index contributed by atoms with van der Waals surface area (Å²) in [4.78, 5) is 0. The molecular weight excluding hydrogens is 180 g/mol. The number of ether oxygens (including phenoxy) is 2. The standard InChI is InChI=1S/C11H16O3/c1-4-11(13-2,14-3)9-7-5-6-8-10(9)12/h5-8,12H,4H2,1-3H3. The predicted octanol–water partition coefficient (Wildman–Crippen LogP) is 2.25. The molecule has 0 atom stereocenters. The van der Waals surface area contributed by atoms with Crippen LogP contribution in [0.15, 0.2) is 24.3 Å². The summed E-state index contributed by atoms with van der Waals surface area (Å²) in [5.41, 5.74) is 0.660. The summed E-state index contributed by atoms with van der Waals surface area (Å²) in [5, 5.41) is 9.68. The maximum absolute atomic E-state index is 9.68. The average Bonchev–Trinajstić information content (AvgIpc) is 2.24. The minimum absolute atomic E-state index is 0.193. The molecule has 0 aliphatic rings. The highest BCUT2D eigenvalue weighted by atomic mass is 16.7. The van der Waals surface area contributed by atoms with E-state index in [2.05, 4.69) is 0 Å². The Balaban J connectivity index is 3.17. The molecule has 1 aromatic rings. The number of phenols is 1. The third-order valence-corrected chi connectivity index (χ3v) is 2.44. The lowest BCUT2D eigenvalue weighted by Crippen LogP contribution is -2.29. The summed E-state index contributed by atoms with van der Waals surface area (Å²) >= 11 is 0. The number of phenolic OH excluding ortho intramolecular Hbond substituents is 1. The number of rotatable bonds is 4. The van der Waals surface area contributed by atoms with Crippen molar-refractivity contribution >= 4 is 0 Å². The van der Waals surface area contributed by atoms with Gasteiger partial charge in [-0.15, -0.1) is 0 Å². The Morgan fingerprint density at radius 3 is 2.21 bits per heavy atom. The molecule has 0 fully saturated rings. The van der Waals surface area contributed by atoms with Crippen molar-refractivity contribution in [1.29, 1.82) is 0 Å². The molecule has 0 heterocycles. The van der Waals surface area contributed by atoms with Gasteiger partial charge < -0.3 is 14.6 Å². The first-order valence-corrected chi connectivity index (χ1v) is 4.59. The average molecular weight is 196 g/mol. The van der Waals surface area contributed by atoms with E-state index in [4.69, 9.17) is 9.47 Å². The SMILES string of the molecule is CCC(OC)(OC)c1ccccc1O. The zero-order valence-corrected chi connectivity index (χ0v) is 8.78. The van der Waals surface area contributed by atoms with Gasteiger partial charge in [-0.1, -0.05) is 19.1 Å². The number of hydrogen-bond acceptors (Lipinski definition) is 3. The molecular formula is C11H16O3. The number of methoxy groups -OCH3 is 2. The Labute approximate surface area is 84.3 Å². The van der Waals surface area contributed by atoms with E-state index in [0.29, 0.717) is 12.0 Å². The van der Waals surface area contributed by atoms with Gasteiger partial charge in [-0.3, -0.25) is 0 Å². The summed E-state index contributed by atoms with van der Waals surface area (Å²) in [6.45, 7) is 1.94. The molecule has 0 saturated heterocycles. The Bertz CT molecular complexity index is 284. The van der Waals surface area contributed by atoms with Crippen LogP contribution >= 0.6 is 0 Å². The van der Waals surface area contributed by atoms with Crippen molar-refractivity contribution in [3.8, 4) is 5.75 Å². The first-order valence-electron chi connectivity index (χ1n) is 4.59. The van der Waals surface area contributed by atoms with Crippen LogP contribution in [-0.2, 0) is 15.3 Å². The zero-order valence-electron chi connectivity index (χ0n) is 8.78. The van der Waals surface area contributed by atoms with Crippen LogP contribution in [-0.4, -0.2) is 19.3 Å². The predicted molar refractivity (Wildman–Crippen MR) is 54.1 cm³/mol. The van der Waals surface area contributed by atoms with Crippen LogP contribution in [0.5, 0.6) is 5.75 Å². The molecule has 3 nitrogen and oxygen atoms in total. The van der Waals surface area contributed by atoms with Crippen molar-refractivity contribution in [2.75, 3.05) is 14.2 Å². The first kappa shape index (κ1) is 11.0. The monoisotopic (exact) mass is 196 g/mol. The molecule has 0 saturated carbocycles. The minimum atomic E-state index is -0.842. The molecule has 78 valence electrons. The van der Waals surface area contributed by atoms with Crippen molar-refractivity contribution in [1.82, 2.24) is 0 Å². The molecule has 1 aromatic carbocycles. The van der Waals surface area contributed by atoms with Crippen LogP contribution in [0.3, 0.4) is 0 Å². The van der Waals surface area contributed by atoms with E-state index in [1.807, 2.05) is 13.0 Å². The summed E-state index contributed by atoms with van der Waals surface area (Å²) in [7, 11) is 3.14. The van der Waals surface area contributed by atoms with Crippen LogP contribution in [0.2, 0.25) is 0 Å². The van der Waals surface area contributed by atoms with Gasteiger partial charge in [0.1, 0.15) is 5.75 Å². The van der Waals surface area contributed by atoms with Crippen LogP contribution in [0, 0.1) is 0 Å². The second-order valence-electron chi connectivity index (χ2n) is 3.03. The van der Waals surface area contributed by atoms with E-state index in [9.17, 15) is 5.11 Å². The fraction of sp³-hybridized carbons (Fsp3) is 0.455. The maximum atomic E-state index is 9.68. The molecule has 0 radical (unpaired) electrons. The highest BCUT2D eigenvalue weighted by Crippen LogP contribution is 2.35. The van der Waals surface area contributed by atoms with Gasteiger partial charge in [0.25, 0.3) is 0 Å². The van der Waals surface area contributed by atoms with Crippen LogP contribution in [0.4, 0.5) is 0 Å². The van der Waals surface area contributed by atoms with E-state index >= 15 is 0 Å². The van der Waals surface area contributed by atoms with Crippen LogP contribution in [0.25, 0.3) is 0 Å². The van der Waals surface area contributed by atoms with Gasteiger partial charge in [0, 0.05) is 20.6 Å². The summed E-state index contributed by atoms with van der Waals surface area (Å²) < 4.78 is 10.6. The highest BCUT2D eigenvalue weighted by molar-refractivity contribution is 5.35. The van der Waals surface area contributed by atoms with Crippen molar-refractivity contribution in [2.45, 2.75) is 19.1 Å². The van der Waals surface area contributed by atoms with Gasteiger partial charge in [0.05, 0.1) is 5.56 Å². The Kier molecular flexibility index (Phi) is 3.49. The summed E-state index contributed by atoms with van der Waals surface area (Å²) in [6.07, 6.45) is 0.636. The van der Waals surface area contributed by atoms with Gasteiger partial charge in [-0.25, -0.2) is 0 Å². The Morgan fingerprint density at radius 1 is 1.21 bits per heavy atom. The fourth-order valence-electron chi connectivity index (χ4n) is 1.58. The largest absolute Gasteiger partial charge is 0.507 e. The van der Waals surface area contributed by atoms with Crippen molar-refractivity contribution in [3.63, 3.8) is 0 Å². The summed E-state index contributed by atoms with van der Waals surface area (Å²) in [5.74, 6) is -0.649. The smallest absolute Gasteiger partial charge is 0.197 e. The van der Waals surface area contributed by atoms with Gasteiger partial charge in [0.15, 0.2) is 5.79 Å². The van der Waals surface area contributed by atoms with Gasteiger partial charge in [-0.2, -0.15) is 0 Å². The van der Waals surface area contributed by atoms with Crippen molar-refractivity contribution in [2.24, 2.45) is 0 Å². The summed E-state index contributed by atoms with van der Waals surface area (Å²) in [6, 6.07) is 7.03. The Hall–Kier alpha value is -1.06. The minimum Gasteiger partial charge on any atom is -0.507 e. The van der Waals surface area contributed by atoms with E-state index in [-0.39, 0.29) is 5.75 Å². The Morgan fingerprint density at radius 2 is 1.79 bits per heavy atom. The lowest BCUT2D eigenvalue weighted by molar-refractivity contribution is -0.218. The molecule has 1 rings (SSSR count). The third kappa shape index (κ3) is 1.74. The van der Waals surface area contributed by atoms with Gasteiger partial charge >= 0.3 is 0 Å². The van der Waals surface area contributed by atoms with Crippen molar-refractivity contribution in [3.05, 3.63) is 29.8 Å². The quantitative estimate of drug-likeness (QED) is 0.750. The van der Waals surface area contributed by atoms with Crippen LogP contribution < -0.4 is 0 Å². The second-order valence-corrected chi connectivity index (χ2v) is 3.03. The molecule has 0 unspecified atom stereocenters. The van der Waals surface area contributed by atoms with E-state index < -0.39 is 5.79 Å². The molecule has 14 heavy (non-hydrogen) atoms. The van der Waals surface area contributed by atoms with E-state index in [0.717, 1.165) is 0 Å². The third-order valence-electron chi connectivity index (χ3n) is 2.44. The molecule has 0 spiro atoms. The van der Waals surface area contributed by atoms with Gasteiger partial charge in [0.2, 0.25) is 0 Å². The zero-order chi connectivity index (χ0) is 10.6. The first-order chi connectivity index (χ1) is 6.70. The second kappa shape index (κ2) is 4.44. The van der Waals surface area contributed by atoms with Crippen LogP contribution in [0.1, 0.15) is 18.9 Å². The fourth-order valence-corrected chi connectivity index (χ4v) is 1.58. The number of hydrogen-bond donors (Lipinski definition) is 1. The topological polar surface area (TPSA) is 38.7 Å². The molecule has 0 amide bonds. The normalized spacial score (nSPS) is 11.6. The molecule has 0 aliphatic heterocycles. The molecule has 0 aliphatic carbocycles. The molecule has 3 heteroatoms. The molecule has 1 N–H and O–H groups in total. The lowest BCUT2D eigenvalue weighted by atomic mass is 10.0.